The molecular weight excluding hydrogens is 460 g/mol. The van der Waals surface area contributed by atoms with Crippen LogP contribution >= 0.6 is 16.4 Å². The molecule has 1 aliphatic heterocycles. The monoisotopic (exact) mass is 482 g/mol. The van der Waals surface area contributed by atoms with Crippen LogP contribution < -0.4 is 11.2 Å². The number of rotatable bonds is 10. The van der Waals surface area contributed by atoms with Gasteiger partial charge in [-0.2, -0.15) is 14.3 Å². The molecule has 0 radical (unpaired) electrons. The standard InChI is InChI=1S/C15H21N3O11P2/c1-9-7-18(15(21)17-14(9)20)13-6-11(27-10(2)19)12(28-13)8-26-30(25-5-3-4-16)29-31(22,23)24/h7,11-13,30H,3,5-6,8H2,1-2H3,(H2-,17,20,21,22,23,24)/p+1/t11-,12+,13+/m0/s1. The number of aromatic amines is 1. The Morgan fingerprint density at radius 3 is 2.77 bits per heavy atom. The van der Waals surface area contributed by atoms with E-state index in [9.17, 15) is 18.9 Å². The Balaban J connectivity index is 2.14. The van der Waals surface area contributed by atoms with Gasteiger partial charge in [0.2, 0.25) is 0 Å². The van der Waals surface area contributed by atoms with Crippen LogP contribution in [0.2, 0.25) is 0 Å². The van der Waals surface area contributed by atoms with E-state index in [-0.39, 0.29) is 31.6 Å². The predicted octanol–water partition coefficient (Wildman–Crippen LogP) is 0.0796. The molecule has 1 unspecified atom stereocenters. The minimum absolute atomic E-state index is 0.0513. The van der Waals surface area contributed by atoms with E-state index in [0.29, 0.717) is 0 Å². The van der Waals surface area contributed by atoms with E-state index >= 15 is 0 Å². The summed E-state index contributed by atoms with van der Waals surface area (Å²) >= 11 is 0. The highest BCUT2D eigenvalue weighted by Crippen LogP contribution is 2.55. The summed E-state index contributed by atoms with van der Waals surface area (Å²) in [4.78, 5) is 55.3. The van der Waals surface area contributed by atoms with E-state index < -0.39 is 52.1 Å². The van der Waals surface area contributed by atoms with Crippen molar-refractivity contribution in [1.29, 1.82) is 5.26 Å². The van der Waals surface area contributed by atoms with Crippen LogP contribution in [0.1, 0.15) is 31.6 Å². The van der Waals surface area contributed by atoms with E-state index in [1.807, 2.05) is 0 Å². The molecular formula is C15H22N3O11P2+. The minimum Gasteiger partial charge on any atom is -0.460 e. The maximum absolute atomic E-state index is 12.1. The normalized spacial score (nSPS) is 22.1. The second kappa shape index (κ2) is 11.1. The Morgan fingerprint density at radius 2 is 2.16 bits per heavy atom. The summed E-state index contributed by atoms with van der Waals surface area (Å²) in [5.41, 5.74) is -1.01. The zero-order valence-corrected chi connectivity index (χ0v) is 18.4. The van der Waals surface area contributed by atoms with Crippen molar-refractivity contribution in [3.05, 3.63) is 32.6 Å². The Hall–Kier alpha value is -1.94. The Labute approximate surface area is 176 Å². The maximum Gasteiger partial charge on any atom is 0.508 e. The zero-order chi connectivity index (χ0) is 23.2. The molecule has 3 N–H and O–H groups in total. The number of hydrogen-bond donors (Lipinski definition) is 3. The first-order valence-electron chi connectivity index (χ1n) is 8.89. The number of aromatic nitrogens is 2. The lowest BCUT2D eigenvalue weighted by Gasteiger charge is -2.17. The molecule has 14 nitrogen and oxygen atoms in total. The molecule has 2 heterocycles. The number of ether oxygens (including phenoxy) is 2. The molecule has 0 saturated carbocycles. The van der Waals surface area contributed by atoms with Gasteiger partial charge in [-0.1, -0.05) is 4.31 Å². The van der Waals surface area contributed by atoms with Crippen LogP contribution in [0.5, 0.6) is 0 Å². The number of hydrogen-bond acceptors (Lipinski definition) is 10. The number of nitriles is 1. The summed E-state index contributed by atoms with van der Waals surface area (Å²) in [6.45, 7) is 2.14. The second-order valence-electron chi connectivity index (χ2n) is 6.39. The molecule has 172 valence electrons. The SMILES string of the molecule is CC(=O)O[C@H]1C[C@H](n2cc(C)c(=O)[nH]c2=O)O[C@@H]1CO[PH+](OCCC#N)OP(=O)(O)O. The number of nitrogens with zero attached hydrogens (tertiary/aromatic N) is 2. The lowest BCUT2D eigenvalue weighted by atomic mass is 10.2. The Kier molecular flexibility index (Phi) is 9.05. The molecule has 1 aromatic heterocycles. The lowest BCUT2D eigenvalue weighted by molar-refractivity contribution is -0.150. The second-order valence-corrected chi connectivity index (χ2v) is 9.18. The van der Waals surface area contributed by atoms with Gasteiger partial charge in [-0.25, -0.2) is 9.36 Å². The van der Waals surface area contributed by atoms with Gasteiger partial charge in [0.05, 0.1) is 12.5 Å². The molecule has 31 heavy (non-hydrogen) atoms. The van der Waals surface area contributed by atoms with Crippen molar-refractivity contribution in [2.75, 3.05) is 13.2 Å². The van der Waals surface area contributed by atoms with Crippen LogP contribution in [-0.4, -0.2) is 50.7 Å². The van der Waals surface area contributed by atoms with E-state index in [2.05, 4.69) is 9.29 Å². The first kappa shape index (κ1) is 25.3. The Morgan fingerprint density at radius 1 is 1.45 bits per heavy atom. The van der Waals surface area contributed by atoms with Crippen molar-refractivity contribution in [1.82, 2.24) is 9.55 Å². The van der Waals surface area contributed by atoms with E-state index in [4.69, 9.17) is 33.6 Å². The summed E-state index contributed by atoms with van der Waals surface area (Å²) in [7, 11) is -7.90. The van der Waals surface area contributed by atoms with Gasteiger partial charge in [-0.3, -0.25) is 19.1 Å². The molecule has 0 spiro atoms. The molecule has 2 rings (SSSR count). The number of aryl methyl sites for hydroxylation is 1. The fourth-order valence-electron chi connectivity index (χ4n) is 2.68. The third-order valence-corrected chi connectivity index (χ3v) is 6.34. The predicted molar refractivity (Wildman–Crippen MR) is 104 cm³/mol. The van der Waals surface area contributed by atoms with Crippen LogP contribution in [0.3, 0.4) is 0 Å². The maximum atomic E-state index is 12.1. The number of phosphoric acid groups is 1. The largest absolute Gasteiger partial charge is 0.508 e. The van der Waals surface area contributed by atoms with Crippen LogP contribution in [-0.2, 0) is 32.2 Å². The first-order chi connectivity index (χ1) is 14.5. The summed E-state index contributed by atoms with van der Waals surface area (Å²) in [6, 6.07) is 1.80. The quantitative estimate of drug-likeness (QED) is 0.231. The van der Waals surface area contributed by atoms with Crippen molar-refractivity contribution < 1.29 is 42.0 Å². The van der Waals surface area contributed by atoms with Crippen molar-refractivity contribution in [2.24, 2.45) is 0 Å². The van der Waals surface area contributed by atoms with Gasteiger partial charge in [-0.15, -0.1) is 0 Å². The summed E-state index contributed by atoms with van der Waals surface area (Å²) < 4.78 is 38.1. The molecule has 0 aromatic carbocycles. The summed E-state index contributed by atoms with van der Waals surface area (Å²) in [6.07, 6.45) is -1.41. The van der Waals surface area contributed by atoms with Gasteiger partial charge in [0.1, 0.15) is 31.6 Å². The van der Waals surface area contributed by atoms with Gasteiger partial charge in [-0.05, 0) is 6.92 Å². The van der Waals surface area contributed by atoms with Crippen LogP contribution in [0.4, 0.5) is 0 Å². The fraction of sp³-hybridized carbons (Fsp3) is 0.600. The molecule has 1 aliphatic rings. The average molecular weight is 482 g/mol. The lowest BCUT2D eigenvalue weighted by Crippen LogP contribution is -2.33. The highest BCUT2D eigenvalue weighted by molar-refractivity contribution is 7.58. The average Bonchev–Trinajstić information content (AvgIpc) is 3.03. The third kappa shape index (κ3) is 7.92. The molecule has 0 bridgehead atoms. The van der Waals surface area contributed by atoms with Gasteiger partial charge in [0.25, 0.3) is 5.56 Å². The number of carbonyl (C=O) groups is 1. The van der Waals surface area contributed by atoms with Crippen molar-refractivity contribution in [3.8, 4) is 6.07 Å². The van der Waals surface area contributed by atoms with E-state index in [1.54, 1.807) is 6.07 Å². The third-order valence-electron chi connectivity index (χ3n) is 3.95. The molecule has 1 fully saturated rings. The highest BCUT2D eigenvalue weighted by atomic mass is 31.3. The van der Waals surface area contributed by atoms with Crippen LogP contribution in [0, 0.1) is 18.3 Å². The van der Waals surface area contributed by atoms with Crippen LogP contribution in [0.25, 0.3) is 0 Å². The van der Waals surface area contributed by atoms with E-state index in [1.165, 1.54) is 20.0 Å². The summed E-state index contributed by atoms with van der Waals surface area (Å²) in [5, 5.41) is 8.56. The van der Waals surface area contributed by atoms with Gasteiger partial charge in [0, 0.05) is 25.1 Å². The molecule has 1 aromatic rings. The van der Waals surface area contributed by atoms with Gasteiger partial charge >= 0.3 is 28.1 Å². The van der Waals surface area contributed by atoms with Crippen molar-refractivity contribution in [3.63, 3.8) is 0 Å². The minimum atomic E-state index is -4.94. The molecule has 16 heteroatoms. The van der Waals surface area contributed by atoms with Crippen LogP contribution in [0.15, 0.2) is 15.8 Å². The van der Waals surface area contributed by atoms with Gasteiger partial charge < -0.3 is 19.3 Å². The smallest absolute Gasteiger partial charge is 0.460 e. The fourth-order valence-corrected chi connectivity index (χ4v) is 4.53. The summed E-state index contributed by atoms with van der Waals surface area (Å²) in [5.74, 6) is -0.619. The van der Waals surface area contributed by atoms with Crippen molar-refractivity contribution >= 4 is 22.4 Å². The number of nitrogens with one attached hydrogen (secondary N) is 1. The molecule has 0 aliphatic carbocycles. The number of carbonyl (C=O) groups excluding carboxylic acids is 1. The number of esters is 1. The Bertz CT molecular complexity index is 982. The molecule has 0 amide bonds. The number of H-pyrrole nitrogens is 1. The molecule has 1 saturated heterocycles. The first-order valence-corrected chi connectivity index (χ1v) is 11.6. The van der Waals surface area contributed by atoms with Crippen molar-refractivity contribution in [2.45, 2.75) is 45.1 Å². The topological polar surface area (TPSA) is 199 Å². The van der Waals surface area contributed by atoms with E-state index in [0.717, 1.165) is 4.57 Å². The van der Waals surface area contributed by atoms with Gasteiger partial charge in [0.15, 0.2) is 0 Å². The zero-order valence-electron chi connectivity index (χ0n) is 16.5. The highest BCUT2D eigenvalue weighted by Gasteiger charge is 2.42. The molecule has 4 atom stereocenters.